The SMILES string of the molecule is CC/C=C\C/C=C\C/C=C\C/C=C\CCCCC(=O)OCC(COC(=O)CCCCCCCC/C=C\C/C=C\C/C=C\CCCCC)OC(=O)CCCCCCCCCCC/C=C\CCCCCCCC. The molecule has 0 aromatic heterocycles. The fourth-order valence-electron chi connectivity index (χ4n) is 8.08. The van der Waals surface area contributed by atoms with E-state index in [4.69, 9.17) is 14.2 Å². The van der Waals surface area contributed by atoms with E-state index in [9.17, 15) is 14.4 Å². The number of unbranched alkanes of at least 4 members (excludes halogenated alkanes) is 26. The van der Waals surface area contributed by atoms with Crippen molar-refractivity contribution in [2.45, 2.75) is 284 Å². The molecule has 0 aliphatic heterocycles. The average Bonchev–Trinajstić information content (AvgIpc) is 3.37. The second kappa shape index (κ2) is 58.9. The molecule has 6 heteroatoms. The first-order chi connectivity index (χ1) is 35.0. The maximum atomic E-state index is 12.9. The Hall–Kier alpha value is -3.67. The summed E-state index contributed by atoms with van der Waals surface area (Å²) in [5, 5.41) is 0. The zero-order valence-electron chi connectivity index (χ0n) is 46.5. The van der Waals surface area contributed by atoms with Crippen LogP contribution in [0.5, 0.6) is 0 Å². The summed E-state index contributed by atoms with van der Waals surface area (Å²) in [6.45, 7) is 6.46. The quantitative estimate of drug-likeness (QED) is 0.0261. The topological polar surface area (TPSA) is 78.9 Å². The number of allylic oxidation sites excluding steroid dienone is 16. The van der Waals surface area contributed by atoms with Crippen LogP contribution in [0.3, 0.4) is 0 Å². The maximum absolute atomic E-state index is 12.9. The summed E-state index contributed by atoms with van der Waals surface area (Å²) in [5.41, 5.74) is 0. The average molecular weight is 988 g/mol. The third-order valence-corrected chi connectivity index (χ3v) is 12.5. The van der Waals surface area contributed by atoms with Crippen LogP contribution in [0, 0.1) is 0 Å². The summed E-state index contributed by atoms with van der Waals surface area (Å²) in [5.74, 6) is -0.950. The van der Waals surface area contributed by atoms with Crippen LogP contribution in [0.2, 0.25) is 0 Å². The van der Waals surface area contributed by atoms with Gasteiger partial charge in [0.2, 0.25) is 0 Å². The predicted octanol–water partition coefficient (Wildman–Crippen LogP) is 20.1. The monoisotopic (exact) mass is 987 g/mol. The summed E-state index contributed by atoms with van der Waals surface area (Å²) in [6.07, 6.45) is 78.3. The van der Waals surface area contributed by atoms with Crippen LogP contribution in [0.25, 0.3) is 0 Å². The normalized spacial score (nSPS) is 12.8. The van der Waals surface area contributed by atoms with Gasteiger partial charge in [0.25, 0.3) is 0 Å². The van der Waals surface area contributed by atoms with Crippen LogP contribution >= 0.6 is 0 Å². The van der Waals surface area contributed by atoms with E-state index in [1.54, 1.807) is 0 Å². The van der Waals surface area contributed by atoms with Gasteiger partial charge in [-0.3, -0.25) is 14.4 Å². The van der Waals surface area contributed by atoms with Gasteiger partial charge in [0.1, 0.15) is 13.2 Å². The van der Waals surface area contributed by atoms with Crippen molar-refractivity contribution in [2.24, 2.45) is 0 Å². The highest BCUT2D eigenvalue weighted by atomic mass is 16.6. The van der Waals surface area contributed by atoms with Crippen LogP contribution in [-0.4, -0.2) is 37.2 Å². The minimum atomic E-state index is -0.803. The van der Waals surface area contributed by atoms with Crippen molar-refractivity contribution in [1.29, 1.82) is 0 Å². The fraction of sp³-hybridized carbons (Fsp3) is 0.708. The Kier molecular flexibility index (Phi) is 55.9. The summed E-state index contributed by atoms with van der Waals surface area (Å²) >= 11 is 0. The molecule has 0 fully saturated rings. The third kappa shape index (κ3) is 57.1. The first-order valence-corrected chi connectivity index (χ1v) is 29.7. The van der Waals surface area contributed by atoms with Gasteiger partial charge in [0, 0.05) is 19.3 Å². The van der Waals surface area contributed by atoms with Crippen LogP contribution in [-0.2, 0) is 28.6 Å². The van der Waals surface area contributed by atoms with E-state index in [1.165, 1.54) is 135 Å². The van der Waals surface area contributed by atoms with Gasteiger partial charge in [0.15, 0.2) is 6.10 Å². The van der Waals surface area contributed by atoms with E-state index in [0.29, 0.717) is 19.3 Å². The smallest absolute Gasteiger partial charge is 0.306 e. The van der Waals surface area contributed by atoms with E-state index in [-0.39, 0.29) is 31.1 Å². The highest BCUT2D eigenvalue weighted by Crippen LogP contribution is 2.15. The van der Waals surface area contributed by atoms with Gasteiger partial charge in [-0.25, -0.2) is 0 Å². The van der Waals surface area contributed by atoms with Gasteiger partial charge in [-0.15, -0.1) is 0 Å². The Morgan fingerprint density at radius 2 is 0.549 bits per heavy atom. The Morgan fingerprint density at radius 3 is 0.930 bits per heavy atom. The molecule has 1 atom stereocenters. The second-order valence-electron chi connectivity index (χ2n) is 19.5. The van der Waals surface area contributed by atoms with Crippen molar-refractivity contribution in [3.63, 3.8) is 0 Å². The number of esters is 3. The highest BCUT2D eigenvalue weighted by Gasteiger charge is 2.19. The summed E-state index contributed by atoms with van der Waals surface area (Å²) in [7, 11) is 0. The van der Waals surface area contributed by atoms with E-state index >= 15 is 0 Å². The van der Waals surface area contributed by atoms with Crippen LogP contribution in [0.15, 0.2) is 97.2 Å². The Labute approximate surface area is 438 Å². The standard InChI is InChI=1S/C65H110O6/c1-4-7-10-13-16-19-22-25-28-30-32-34-37-40-43-46-49-52-55-58-64(67)70-61-62(60-69-63(66)57-54-51-48-45-42-39-36-27-24-21-18-15-12-9-6-3)71-65(68)59-56-53-50-47-44-41-38-35-33-31-29-26-23-20-17-14-11-8-5-2/h9,12,16,18-19,21,25-29,32,34,36,42,45,62H,4-8,10-11,13-15,17,20,22-24,30-31,33,35,37-41,43-44,46-61H2,1-3H3/b12-9-,19-16-,21-18-,28-25-,29-26-,34-32-,36-27-,45-42-. The molecule has 0 aromatic carbocycles. The lowest BCUT2D eigenvalue weighted by molar-refractivity contribution is -0.167. The van der Waals surface area contributed by atoms with Crippen LogP contribution in [0.4, 0.5) is 0 Å². The van der Waals surface area contributed by atoms with Gasteiger partial charge >= 0.3 is 17.9 Å². The molecule has 0 aliphatic carbocycles. The van der Waals surface area contributed by atoms with Crippen molar-refractivity contribution in [1.82, 2.24) is 0 Å². The lowest BCUT2D eigenvalue weighted by Crippen LogP contribution is -2.30. The van der Waals surface area contributed by atoms with Crippen molar-refractivity contribution in [3.05, 3.63) is 97.2 Å². The maximum Gasteiger partial charge on any atom is 0.306 e. The largest absolute Gasteiger partial charge is 0.462 e. The van der Waals surface area contributed by atoms with E-state index in [2.05, 4.69) is 118 Å². The Morgan fingerprint density at radius 1 is 0.296 bits per heavy atom. The number of carbonyl (C=O) groups is 3. The van der Waals surface area contributed by atoms with Crippen molar-refractivity contribution in [3.8, 4) is 0 Å². The number of hydrogen-bond donors (Lipinski definition) is 0. The molecule has 0 spiro atoms. The molecular formula is C65H110O6. The zero-order chi connectivity index (χ0) is 51.4. The van der Waals surface area contributed by atoms with E-state index < -0.39 is 6.10 Å². The lowest BCUT2D eigenvalue weighted by Gasteiger charge is -2.18. The fourth-order valence-corrected chi connectivity index (χ4v) is 8.08. The van der Waals surface area contributed by atoms with Gasteiger partial charge in [-0.2, -0.15) is 0 Å². The summed E-state index contributed by atoms with van der Waals surface area (Å²) in [4.78, 5) is 38.2. The van der Waals surface area contributed by atoms with Crippen LogP contribution in [0.1, 0.15) is 278 Å². The predicted molar refractivity (Wildman–Crippen MR) is 307 cm³/mol. The summed E-state index contributed by atoms with van der Waals surface area (Å²) in [6, 6.07) is 0. The molecule has 6 nitrogen and oxygen atoms in total. The van der Waals surface area contributed by atoms with Gasteiger partial charge in [0.05, 0.1) is 0 Å². The van der Waals surface area contributed by atoms with Gasteiger partial charge < -0.3 is 14.2 Å². The molecule has 0 heterocycles. The second-order valence-corrected chi connectivity index (χ2v) is 19.5. The molecule has 0 bridgehead atoms. The number of rotatable bonds is 53. The van der Waals surface area contributed by atoms with Crippen LogP contribution < -0.4 is 0 Å². The molecule has 0 N–H and O–H groups in total. The summed E-state index contributed by atoms with van der Waals surface area (Å²) < 4.78 is 16.8. The molecule has 0 amide bonds. The van der Waals surface area contributed by atoms with Crippen molar-refractivity contribution in [2.75, 3.05) is 13.2 Å². The van der Waals surface area contributed by atoms with Gasteiger partial charge in [-0.1, -0.05) is 234 Å². The highest BCUT2D eigenvalue weighted by molar-refractivity contribution is 5.71. The molecule has 0 rings (SSSR count). The first-order valence-electron chi connectivity index (χ1n) is 29.7. The Balaban J connectivity index is 4.45. The minimum Gasteiger partial charge on any atom is -0.462 e. The molecular weight excluding hydrogens is 877 g/mol. The molecule has 71 heavy (non-hydrogen) atoms. The number of hydrogen-bond acceptors (Lipinski definition) is 6. The lowest BCUT2D eigenvalue weighted by atomic mass is 10.1. The number of carbonyl (C=O) groups excluding carboxylic acids is 3. The molecule has 0 aliphatic rings. The molecule has 406 valence electrons. The first kappa shape index (κ1) is 67.3. The zero-order valence-corrected chi connectivity index (χ0v) is 46.5. The molecule has 0 radical (unpaired) electrons. The van der Waals surface area contributed by atoms with Crippen molar-refractivity contribution < 1.29 is 28.6 Å². The Bertz CT molecular complexity index is 1410. The van der Waals surface area contributed by atoms with E-state index in [0.717, 1.165) is 103 Å². The minimum absolute atomic E-state index is 0.0986. The van der Waals surface area contributed by atoms with Crippen molar-refractivity contribution >= 4 is 17.9 Å². The van der Waals surface area contributed by atoms with Gasteiger partial charge in [-0.05, 0) is 122 Å². The molecule has 0 saturated heterocycles. The molecule has 1 unspecified atom stereocenters. The molecule has 0 aromatic rings. The third-order valence-electron chi connectivity index (χ3n) is 12.5. The number of ether oxygens (including phenoxy) is 3. The molecule has 0 saturated carbocycles. The van der Waals surface area contributed by atoms with E-state index in [1.807, 2.05) is 0 Å².